The van der Waals surface area contributed by atoms with Gasteiger partial charge in [-0.25, -0.2) is 8.42 Å². The molecule has 3 rings (SSSR count). The van der Waals surface area contributed by atoms with Crippen LogP contribution in [0.1, 0.15) is 26.5 Å². The number of benzene rings is 2. The number of nitrogens with one attached hydrogen (secondary N) is 1. The quantitative estimate of drug-likeness (QED) is 0.677. The summed E-state index contributed by atoms with van der Waals surface area (Å²) in [5, 5.41) is 2.60. The maximum absolute atomic E-state index is 12.5. The van der Waals surface area contributed by atoms with Crippen LogP contribution in [0.4, 0.5) is 5.69 Å². The van der Waals surface area contributed by atoms with Gasteiger partial charge >= 0.3 is 0 Å². The van der Waals surface area contributed by atoms with Gasteiger partial charge in [-0.3, -0.25) is 9.59 Å². The van der Waals surface area contributed by atoms with Crippen LogP contribution in [0.5, 0.6) is 0 Å². The van der Waals surface area contributed by atoms with E-state index < -0.39 is 21.7 Å². The molecule has 0 aliphatic rings. The zero-order chi connectivity index (χ0) is 19.4. The summed E-state index contributed by atoms with van der Waals surface area (Å²) in [6.07, 6.45) is 1.26. The molecule has 2 aromatic carbocycles. The number of carbonyl (C=O) groups is 2. The van der Waals surface area contributed by atoms with Crippen molar-refractivity contribution in [2.24, 2.45) is 5.73 Å². The van der Waals surface area contributed by atoms with Gasteiger partial charge in [-0.2, -0.15) is 0 Å². The van der Waals surface area contributed by atoms with E-state index in [1.807, 2.05) is 0 Å². The number of hydrogen-bond acceptors (Lipinski definition) is 5. The molecular weight excluding hydrogens is 368 g/mol. The highest BCUT2D eigenvalue weighted by atomic mass is 32.2. The van der Waals surface area contributed by atoms with Gasteiger partial charge in [0.15, 0.2) is 15.6 Å². The zero-order valence-electron chi connectivity index (χ0n) is 14.1. The highest BCUT2D eigenvalue weighted by Crippen LogP contribution is 2.21. The van der Waals surface area contributed by atoms with Crippen LogP contribution in [0.25, 0.3) is 0 Å². The first-order valence-electron chi connectivity index (χ1n) is 7.92. The Kier molecular flexibility index (Phi) is 5.09. The lowest BCUT2D eigenvalue weighted by Gasteiger charge is -2.07. The summed E-state index contributed by atoms with van der Waals surface area (Å²) < 4.78 is 30.2. The van der Waals surface area contributed by atoms with Gasteiger partial charge in [0.1, 0.15) is 0 Å². The first-order chi connectivity index (χ1) is 12.9. The second-order valence-corrected chi connectivity index (χ2v) is 7.73. The number of hydrogen-bond donors (Lipinski definition) is 2. The number of amides is 2. The van der Waals surface area contributed by atoms with Crippen LogP contribution in [-0.2, 0) is 15.6 Å². The van der Waals surface area contributed by atoms with Crippen molar-refractivity contribution in [1.82, 2.24) is 0 Å². The molecule has 0 aliphatic carbocycles. The predicted molar refractivity (Wildman–Crippen MR) is 99.0 cm³/mol. The van der Waals surface area contributed by atoms with Gasteiger partial charge in [0, 0.05) is 16.8 Å². The highest BCUT2D eigenvalue weighted by molar-refractivity contribution is 7.90. The molecular formula is C19H16N2O5S. The average Bonchev–Trinajstić information content (AvgIpc) is 3.10. The molecule has 27 heavy (non-hydrogen) atoms. The fourth-order valence-electron chi connectivity index (χ4n) is 2.47. The second kappa shape index (κ2) is 7.46. The summed E-state index contributed by atoms with van der Waals surface area (Å²) in [5.41, 5.74) is 6.15. The topological polar surface area (TPSA) is 119 Å². The molecule has 0 bridgehead atoms. The van der Waals surface area contributed by atoms with Crippen molar-refractivity contribution in [1.29, 1.82) is 0 Å². The summed E-state index contributed by atoms with van der Waals surface area (Å²) in [6, 6.07) is 15.4. The van der Waals surface area contributed by atoms with Crippen molar-refractivity contribution in [3.63, 3.8) is 0 Å². The number of sulfone groups is 1. The molecule has 1 heterocycles. The molecule has 3 aromatic rings. The van der Waals surface area contributed by atoms with E-state index in [2.05, 4.69) is 5.32 Å². The Bertz CT molecular complexity index is 1070. The molecule has 0 atom stereocenters. The van der Waals surface area contributed by atoms with Crippen molar-refractivity contribution >= 4 is 27.3 Å². The Hall–Kier alpha value is -3.39. The van der Waals surface area contributed by atoms with E-state index in [0.29, 0.717) is 11.3 Å². The smallest absolute Gasteiger partial charge is 0.291 e. The molecule has 0 fully saturated rings. The fourth-order valence-corrected chi connectivity index (χ4v) is 3.85. The number of primary amides is 1. The Labute approximate surface area is 155 Å². The first-order valence-corrected chi connectivity index (χ1v) is 9.57. The molecule has 0 unspecified atom stereocenters. The molecule has 0 saturated heterocycles. The lowest BCUT2D eigenvalue weighted by atomic mass is 10.2. The Morgan fingerprint density at radius 1 is 0.963 bits per heavy atom. The van der Waals surface area contributed by atoms with Crippen LogP contribution in [-0.4, -0.2) is 20.2 Å². The van der Waals surface area contributed by atoms with E-state index in [9.17, 15) is 18.0 Å². The van der Waals surface area contributed by atoms with E-state index in [0.717, 1.165) is 0 Å². The fraction of sp³-hybridized carbons (Fsp3) is 0.0526. The summed E-state index contributed by atoms with van der Waals surface area (Å²) >= 11 is 0. The van der Waals surface area contributed by atoms with Crippen LogP contribution >= 0.6 is 0 Å². The number of nitrogens with two attached hydrogens (primary N) is 1. The van der Waals surface area contributed by atoms with E-state index in [1.54, 1.807) is 18.2 Å². The Morgan fingerprint density at radius 3 is 2.26 bits per heavy atom. The van der Waals surface area contributed by atoms with E-state index in [-0.39, 0.29) is 22.0 Å². The number of anilines is 1. The van der Waals surface area contributed by atoms with Gasteiger partial charge in [-0.1, -0.05) is 18.2 Å². The summed E-state index contributed by atoms with van der Waals surface area (Å²) in [6.45, 7) is 0. The summed E-state index contributed by atoms with van der Waals surface area (Å²) in [5.74, 6) is -1.62. The molecule has 0 saturated carbocycles. The third kappa shape index (κ3) is 4.24. The zero-order valence-corrected chi connectivity index (χ0v) is 14.9. The number of rotatable bonds is 6. The van der Waals surface area contributed by atoms with E-state index in [1.165, 1.54) is 48.7 Å². The summed E-state index contributed by atoms with van der Waals surface area (Å²) in [4.78, 5) is 23.7. The second-order valence-electron chi connectivity index (χ2n) is 5.74. The van der Waals surface area contributed by atoms with Crippen LogP contribution in [0.3, 0.4) is 0 Å². The van der Waals surface area contributed by atoms with Gasteiger partial charge < -0.3 is 15.5 Å². The van der Waals surface area contributed by atoms with Gasteiger partial charge in [-0.15, -0.1) is 0 Å². The Morgan fingerprint density at radius 2 is 1.63 bits per heavy atom. The van der Waals surface area contributed by atoms with Crippen molar-refractivity contribution < 1.29 is 22.4 Å². The maximum Gasteiger partial charge on any atom is 0.291 e. The van der Waals surface area contributed by atoms with Crippen molar-refractivity contribution in [3.8, 4) is 0 Å². The van der Waals surface area contributed by atoms with Crippen LogP contribution in [0.2, 0.25) is 0 Å². The lowest BCUT2D eigenvalue weighted by molar-refractivity contribution is 0.0991. The van der Waals surface area contributed by atoms with Gasteiger partial charge in [-0.05, 0) is 42.5 Å². The van der Waals surface area contributed by atoms with Gasteiger partial charge in [0.05, 0.1) is 16.9 Å². The molecule has 8 heteroatoms. The van der Waals surface area contributed by atoms with Crippen molar-refractivity contribution in [3.05, 3.63) is 83.8 Å². The van der Waals surface area contributed by atoms with Crippen LogP contribution < -0.4 is 11.1 Å². The first kappa shape index (κ1) is 18.4. The SMILES string of the molecule is NC(=O)c1ccc(NC(=O)c2occc2CS(=O)(=O)c2ccccc2)cc1. The molecule has 138 valence electrons. The molecule has 2 amide bonds. The predicted octanol–water partition coefficient (Wildman–Crippen LogP) is 2.60. The third-order valence-corrected chi connectivity index (χ3v) is 5.51. The largest absolute Gasteiger partial charge is 0.459 e. The number of furan rings is 1. The average molecular weight is 384 g/mol. The van der Waals surface area contributed by atoms with Gasteiger partial charge in [0.2, 0.25) is 5.91 Å². The summed E-state index contributed by atoms with van der Waals surface area (Å²) in [7, 11) is -3.62. The standard InChI is InChI=1S/C19H16N2O5S/c20-18(22)13-6-8-15(9-7-13)21-19(23)17-14(10-11-26-17)12-27(24,25)16-4-2-1-3-5-16/h1-11H,12H2,(H2,20,22)(H,21,23). The normalized spacial score (nSPS) is 11.1. The minimum Gasteiger partial charge on any atom is -0.459 e. The van der Waals surface area contributed by atoms with E-state index >= 15 is 0 Å². The number of carbonyl (C=O) groups excluding carboxylic acids is 2. The van der Waals surface area contributed by atoms with Crippen molar-refractivity contribution in [2.75, 3.05) is 5.32 Å². The Balaban J connectivity index is 1.78. The molecule has 3 N–H and O–H groups in total. The highest BCUT2D eigenvalue weighted by Gasteiger charge is 2.22. The maximum atomic E-state index is 12.5. The monoisotopic (exact) mass is 384 g/mol. The third-order valence-electron chi connectivity index (χ3n) is 3.83. The van der Waals surface area contributed by atoms with Crippen LogP contribution in [0, 0.1) is 0 Å². The minimum atomic E-state index is -3.62. The molecule has 0 radical (unpaired) electrons. The molecule has 1 aromatic heterocycles. The van der Waals surface area contributed by atoms with E-state index in [4.69, 9.17) is 10.2 Å². The van der Waals surface area contributed by atoms with Crippen molar-refractivity contribution in [2.45, 2.75) is 10.6 Å². The molecule has 7 nitrogen and oxygen atoms in total. The van der Waals surface area contributed by atoms with Crippen LogP contribution in [0.15, 0.2) is 76.2 Å². The van der Waals surface area contributed by atoms with Gasteiger partial charge in [0.25, 0.3) is 5.91 Å². The minimum absolute atomic E-state index is 0.0894. The molecule has 0 spiro atoms. The molecule has 0 aliphatic heterocycles. The lowest BCUT2D eigenvalue weighted by Crippen LogP contribution is -2.15.